The normalized spacial score (nSPS) is 19.5. The van der Waals surface area contributed by atoms with Crippen molar-refractivity contribution in [3.05, 3.63) is 47.5 Å². The minimum Gasteiger partial charge on any atom is -0.289 e. The number of rotatable bonds is 4. The van der Waals surface area contributed by atoms with Crippen LogP contribution in [0, 0.1) is 0 Å². The lowest BCUT2D eigenvalue weighted by molar-refractivity contribution is 0.444. The second-order valence-electron chi connectivity index (χ2n) is 8.83. The molecule has 5 rings (SSSR count). The fourth-order valence-corrected chi connectivity index (χ4v) is 4.92. The molecule has 0 atom stereocenters. The Morgan fingerprint density at radius 2 is 1.03 bits per heavy atom. The van der Waals surface area contributed by atoms with Gasteiger partial charge in [-0.25, -0.2) is 0 Å². The average Bonchev–Trinajstić information content (AvgIpc) is 2.82. The summed E-state index contributed by atoms with van der Waals surface area (Å²) in [7, 11) is 0. The molecule has 0 saturated heterocycles. The van der Waals surface area contributed by atoms with Crippen molar-refractivity contribution in [1.29, 1.82) is 0 Å². The van der Waals surface area contributed by atoms with E-state index in [9.17, 15) is 0 Å². The van der Waals surface area contributed by atoms with E-state index in [2.05, 4.69) is 46.6 Å². The summed E-state index contributed by atoms with van der Waals surface area (Å²) >= 11 is 0. The lowest BCUT2D eigenvalue weighted by atomic mass is 9.96. The molecular weight excluding hydrogens is 368 g/mol. The molecule has 0 unspecified atom stereocenters. The van der Waals surface area contributed by atoms with Gasteiger partial charge in [0.15, 0.2) is 0 Å². The number of aliphatic imine (C=N–C) groups is 2. The largest absolute Gasteiger partial charge is 0.289 e. The molecule has 3 aromatic rings. The van der Waals surface area contributed by atoms with E-state index in [1.165, 1.54) is 64.2 Å². The molecule has 0 N–H and O–H groups in total. The molecule has 0 radical (unpaired) electrons. The van der Waals surface area contributed by atoms with Gasteiger partial charge in [-0.2, -0.15) is 0 Å². The van der Waals surface area contributed by atoms with Crippen LogP contribution in [-0.4, -0.2) is 34.7 Å². The predicted octanol–water partition coefficient (Wildman–Crippen LogP) is 6.29. The topological polar surface area (TPSA) is 50.5 Å². The van der Waals surface area contributed by atoms with Crippen molar-refractivity contribution in [2.75, 3.05) is 0 Å². The highest BCUT2D eigenvalue weighted by atomic mass is 15.1. The molecule has 1 aromatic heterocycles. The first-order chi connectivity index (χ1) is 14.9. The maximum absolute atomic E-state index is 4.87. The molecule has 4 nitrogen and oxygen atoms in total. The molecule has 0 bridgehead atoms. The van der Waals surface area contributed by atoms with Gasteiger partial charge in [0, 0.05) is 46.4 Å². The molecule has 0 spiro atoms. The van der Waals surface area contributed by atoms with Gasteiger partial charge in [-0.15, -0.1) is 10.2 Å². The highest BCUT2D eigenvalue weighted by Crippen LogP contribution is 2.27. The lowest BCUT2D eigenvalue weighted by Crippen LogP contribution is -2.10. The van der Waals surface area contributed by atoms with Crippen molar-refractivity contribution in [2.45, 2.75) is 76.3 Å². The molecular formula is C26H30N4. The maximum atomic E-state index is 4.87. The van der Waals surface area contributed by atoms with Crippen molar-refractivity contribution in [2.24, 2.45) is 9.98 Å². The summed E-state index contributed by atoms with van der Waals surface area (Å²) in [5, 5.41) is 11.5. The van der Waals surface area contributed by atoms with E-state index in [4.69, 9.17) is 9.98 Å². The highest BCUT2D eigenvalue weighted by molar-refractivity contribution is 6.12. The zero-order valence-corrected chi connectivity index (χ0v) is 17.6. The molecule has 0 aliphatic heterocycles. The Morgan fingerprint density at radius 3 is 1.47 bits per heavy atom. The zero-order valence-electron chi connectivity index (χ0n) is 17.6. The zero-order chi connectivity index (χ0) is 20.2. The summed E-state index contributed by atoms with van der Waals surface area (Å²) < 4.78 is 0. The van der Waals surface area contributed by atoms with Crippen LogP contribution in [0.15, 0.2) is 46.4 Å². The minimum absolute atomic E-state index is 0.463. The Hall–Kier alpha value is -2.62. The van der Waals surface area contributed by atoms with E-state index < -0.39 is 0 Å². The van der Waals surface area contributed by atoms with E-state index in [-0.39, 0.29) is 0 Å². The fraction of sp³-hybridized carbons (Fsp3) is 0.462. The molecule has 154 valence electrons. The minimum atomic E-state index is 0.463. The van der Waals surface area contributed by atoms with E-state index in [0.717, 1.165) is 32.9 Å². The van der Waals surface area contributed by atoms with Crippen LogP contribution in [-0.2, 0) is 0 Å². The summed E-state index contributed by atoms with van der Waals surface area (Å²) in [6, 6.07) is 13.6. The number of hydrogen-bond donors (Lipinski definition) is 0. The number of nitrogens with zero attached hydrogens (tertiary/aromatic N) is 4. The van der Waals surface area contributed by atoms with Gasteiger partial charge in [-0.1, -0.05) is 74.9 Å². The molecule has 2 fully saturated rings. The van der Waals surface area contributed by atoms with Gasteiger partial charge >= 0.3 is 0 Å². The van der Waals surface area contributed by atoms with Crippen LogP contribution in [0.25, 0.3) is 21.8 Å². The van der Waals surface area contributed by atoms with Gasteiger partial charge in [0.05, 0.1) is 0 Å². The summed E-state index contributed by atoms with van der Waals surface area (Å²) in [6.07, 6.45) is 16.8. The molecule has 1 heterocycles. The first kappa shape index (κ1) is 19.3. The Bertz CT molecular complexity index is 986. The van der Waals surface area contributed by atoms with E-state index in [0.29, 0.717) is 12.1 Å². The second-order valence-corrected chi connectivity index (χ2v) is 8.83. The molecule has 30 heavy (non-hydrogen) atoms. The molecule has 4 heteroatoms. The summed E-state index contributed by atoms with van der Waals surface area (Å²) in [6.45, 7) is 0. The summed E-state index contributed by atoms with van der Waals surface area (Å²) in [5.41, 5.74) is 4.00. The first-order valence-electron chi connectivity index (χ1n) is 11.6. The Balaban J connectivity index is 1.49. The standard InChI is InChI=1S/C26H30N4/c1-3-11-21(12-4-1)27-17-19-9-7-15-23-24-16-8-10-20(26(24)30-29-25(19)23)18-28-22-13-5-2-6-14-22/h7-10,15-18,21-22H,1-6,11-14H2. The third-order valence-electron chi connectivity index (χ3n) is 6.67. The number of hydrogen-bond acceptors (Lipinski definition) is 4. The van der Waals surface area contributed by atoms with Crippen molar-refractivity contribution >= 4 is 34.2 Å². The van der Waals surface area contributed by atoms with Crippen molar-refractivity contribution in [3.63, 3.8) is 0 Å². The SMILES string of the molecule is C(=NC1CCCCC1)c1cccc2c1nnc1c(C=NC3CCCCC3)cccc12. The van der Waals surface area contributed by atoms with Gasteiger partial charge in [0.1, 0.15) is 11.0 Å². The highest BCUT2D eigenvalue weighted by Gasteiger charge is 2.13. The molecule has 2 aliphatic rings. The molecule has 2 saturated carbocycles. The smallest absolute Gasteiger partial charge is 0.102 e. The van der Waals surface area contributed by atoms with Crippen LogP contribution < -0.4 is 0 Å². The van der Waals surface area contributed by atoms with Gasteiger partial charge in [-0.3, -0.25) is 9.98 Å². The Labute approximate surface area is 178 Å². The fourth-order valence-electron chi connectivity index (χ4n) is 4.92. The van der Waals surface area contributed by atoms with Crippen LogP contribution in [0.4, 0.5) is 0 Å². The summed E-state index contributed by atoms with van der Waals surface area (Å²) in [4.78, 5) is 9.74. The number of fused-ring (bicyclic) bond motifs is 3. The average molecular weight is 399 g/mol. The maximum Gasteiger partial charge on any atom is 0.102 e. The predicted molar refractivity (Wildman–Crippen MR) is 126 cm³/mol. The van der Waals surface area contributed by atoms with E-state index >= 15 is 0 Å². The van der Waals surface area contributed by atoms with Crippen LogP contribution in [0.3, 0.4) is 0 Å². The molecule has 2 aromatic carbocycles. The first-order valence-corrected chi connectivity index (χ1v) is 11.6. The monoisotopic (exact) mass is 398 g/mol. The van der Waals surface area contributed by atoms with E-state index in [1.54, 1.807) is 0 Å². The third kappa shape index (κ3) is 4.14. The molecule has 0 amide bonds. The van der Waals surface area contributed by atoms with E-state index in [1.807, 2.05) is 12.4 Å². The van der Waals surface area contributed by atoms with Crippen LogP contribution >= 0.6 is 0 Å². The molecule has 2 aliphatic carbocycles. The van der Waals surface area contributed by atoms with Crippen LogP contribution in [0.2, 0.25) is 0 Å². The van der Waals surface area contributed by atoms with Crippen LogP contribution in [0.5, 0.6) is 0 Å². The van der Waals surface area contributed by atoms with Crippen LogP contribution in [0.1, 0.15) is 75.3 Å². The van der Waals surface area contributed by atoms with Crippen molar-refractivity contribution in [1.82, 2.24) is 10.2 Å². The number of benzene rings is 2. The van der Waals surface area contributed by atoms with Crippen molar-refractivity contribution < 1.29 is 0 Å². The lowest BCUT2D eigenvalue weighted by Gasteiger charge is -2.17. The van der Waals surface area contributed by atoms with Gasteiger partial charge in [-0.05, 0) is 25.7 Å². The van der Waals surface area contributed by atoms with Gasteiger partial charge < -0.3 is 0 Å². The number of aromatic nitrogens is 2. The second kappa shape index (κ2) is 9.03. The van der Waals surface area contributed by atoms with Gasteiger partial charge in [0.25, 0.3) is 0 Å². The van der Waals surface area contributed by atoms with Gasteiger partial charge in [0.2, 0.25) is 0 Å². The summed E-state index contributed by atoms with van der Waals surface area (Å²) in [5.74, 6) is 0. The quantitative estimate of drug-likeness (QED) is 0.383. The third-order valence-corrected chi connectivity index (χ3v) is 6.67. The Kier molecular flexibility index (Phi) is 5.82. The Morgan fingerprint density at radius 1 is 0.600 bits per heavy atom. The van der Waals surface area contributed by atoms with Crippen molar-refractivity contribution in [3.8, 4) is 0 Å².